The fraction of sp³-hybridized carbons (Fsp3) is 0.316. The van der Waals surface area contributed by atoms with E-state index in [1.807, 2.05) is 12.1 Å². The van der Waals surface area contributed by atoms with Crippen molar-refractivity contribution in [2.24, 2.45) is 0 Å². The van der Waals surface area contributed by atoms with E-state index in [1.165, 1.54) is 11.1 Å². The first kappa shape index (κ1) is 17.1. The summed E-state index contributed by atoms with van der Waals surface area (Å²) in [7, 11) is -3.25. The zero-order chi connectivity index (χ0) is 18.1. The van der Waals surface area contributed by atoms with Gasteiger partial charge in [-0.15, -0.1) is 0 Å². The predicted octanol–water partition coefficient (Wildman–Crippen LogP) is 3.05. The lowest BCUT2D eigenvalue weighted by atomic mass is 9.94. The lowest BCUT2D eigenvalue weighted by Gasteiger charge is -2.25. The number of hydrogen-bond acceptors (Lipinski definition) is 5. The molecule has 2 aromatic carbocycles. The second-order valence-electron chi connectivity index (χ2n) is 6.35. The summed E-state index contributed by atoms with van der Waals surface area (Å²) in [6, 6.07) is 13.5. The highest BCUT2D eigenvalue weighted by molar-refractivity contribution is 7.91. The number of nitrogens with zero attached hydrogens (tertiary/aromatic N) is 1. The van der Waals surface area contributed by atoms with Gasteiger partial charge in [0.1, 0.15) is 6.61 Å². The number of fused-ring (bicyclic) bond motifs is 2. The smallest absolute Gasteiger partial charge is 0.294 e. The molecule has 0 aliphatic carbocycles. The SMILES string of the molecule is CCS(=O)(=O)c1ccc2nc(OCC3COCc4ccccc43)[nH]c2c1. The Balaban J connectivity index is 1.54. The monoisotopic (exact) mass is 372 g/mol. The van der Waals surface area contributed by atoms with Gasteiger partial charge in [-0.25, -0.2) is 8.42 Å². The van der Waals surface area contributed by atoms with Crippen molar-refractivity contribution < 1.29 is 17.9 Å². The number of hydrogen-bond donors (Lipinski definition) is 1. The molecule has 26 heavy (non-hydrogen) atoms. The van der Waals surface area contributed by atoms with Gasteiger partial charge in [0.05, 0.1) is 34.9 Å². The number of benzene rings is 2. The summed E-state index contributed by atoms with van der Waals surface area (Å²) in [6.07, 6.45) is 0. The van der Waals surface area contributed by atoms with Gasteiger partial charge < -0.3 is 14.5 Å². The third-order valence-corrected chi connectivity index (χ3v) is 6.40. The van der Waals surface area contributed by atoms with Crippen LogP contribution in [-0.2, 0) is 21.2 Å². The van der Waals surface area contributed by atoms with Crippen molar-refractivity contribution in [2.45, 2.75) is 24.3 Å². The average molecular weight is 372 g/mol. The van der Waals surface area contributed by atoms with Crippen LogP contribution in [0.5, 0.6) is 6.01 Å². The number of aromatic nitrogens is 2. The molecule has 136 valence electrons. The van der Waals surface area contributed by atoms with E-state index < -0.39 is 9.84 Å². The molecule has 1 unspecified atom stereocenters. The molecule has 1 aromatic heterocycles. The Bertz CT molecular complexity index is 1040. The molecule has 0 saturated heterocycles. The minimum absolute atomic E-state index is 0.0666. The molecule has 0 radical (unpaired) electrons. The summed E-state index contributed by atoms with van der Waals surface area (Å²) in [5.74, 6) is 0.209. The number of ether oxygens (including phenoxy) is 2. The first-order valence-electron chi connectivity index (χ1n) is 8.57. The van der Waals surface area contributed by atoms with Crippen LogP contribution in [0.3, 0.4) is 0 Å². The summed E-state index contributed by atoms with van der Waals surface area (Å²) in [4.78, 5) is 7.73. The largest absolute Gasteiger partial charge is 0.464 e. The second-order valence-corrected chi connectivity index (χ2v) is 8.62. The Hall–Kier alpha value is -2.38. The molecule has 0 fully saturated rings. The predicted molar refractivity (Wildman–Crippen MR) is 98.2 cm³/mol. The van der Waals surface area contributed by atoms with Crippen molar-refractivity contribution in [1.82, 2.24) is 9.97 Å². The van der Waals surface area contributed by atoms with Crippen molar-refractivity contribution >= 4 is 20.9 Å². The van der Waals surface area contributed by atoms with Crippen LogP contribution in [0.25, 0.3) is 11.0 Å². The molecule has 0 saturated carbocycles. The minimum atomic E-state index is -3.25. The van der Waals surface area contributed by atoms with Gasteiger partial charge in [0.15, 0.2) is 9.84 Å². The number of H-pyrrole nitrogens is 1. The quantitative estimate of drug-likeness (QED) is 0.744. The lowest BCUT2D eigenvalue weighted by molar-refractivity contribution is 0.0747. The average Bonchev–Trinajstić information content (AvgIpc) is 3.08. The molecule has 1 aliphatic rings. The van der Waals surface area contributed by atoms with Crippen LogP contribution < -0.4 is 4.74 Å². The molecular weight excluding hydrogens is 352 g/mol. The maximum atomic E-state index is 12.0. The van der Waals surface area contributed by atoms with Crippen LogP contribution in [0, 0.1) is 0 Å². The number of rotatable bonds is 5. The highest BCUT2D eigenvalue weighted by Crippen LogP contribution is 2.27. The van der Waals surface area contributed by atoms with Crippen molar-refractivity contribution in [1.29, 1.82) is 0 Å². The van der Waals surface area contributed by atoms with E-state index in [0.717, 1.165) is 0 Å². The molecule has 1 N–H and O–H groups in total. The van der Waals surface area contributed by atoms with Gasteiger partial charge in [-0.05, 0) is 29.3 Å². The summed E-state index contributed by atoms with van der Waals surface area (Å²) < 4.78 is 35.5. The van der Waals surface area contributed by atoms with Gasteiger partial charge in [0.2, 0.25) is 0 Å². The Labute approximate surface area is 152 Å². The number of nitrogens with one attached hydrogen (secondary N) is 1. The van der Waals surface area contributed by atoms with Crippen LogP contribution in [-0.4, -0.2) is 37.4 Å². The summed E-state index contributed by atoms with van der Waals surface area (Å²) in [6.45, 7) is 3.31. The third-order valence-electron chi connectivity index (χ3n) is 4.66. The maximum absolute atomic E-state index is 12.0. The number of aromatic amines is 1. The highest BCUT2D eigenvalue weighted by atomic mass is 32.2. The van der Waals surface area contributed by atoms with E-state index in [2.05, 4.69) is 22.1 Å². The summed E-state index contributed by atoms with van der Waals surface area (Å²) >= 11 is 0. The molecule has 0 spiro atoms. The normalized spacial score (nSPS) is 17.2. The van der Waals surface area contributed by atoms with E-state index in [-0.39, 0.29) is 16.6 Å². The maximum Gasteiger partial charge on any atom is 0.294 e. The molecular formula is C19H20N2O4S. The first-order chi connectivity index (χ1) is 12.6. The Morgan fingerprint density at radius 2 is 2.12 bits per heavy atom. The summed E-state index contributed by atoms with van der Waals surface area (Å²) in [5.41, 5.74) is 3.75. The molecule has 0 bridgehead atoms. The first-order valence-corrected chi connectivity index (χ1v) is 10.2. The molecule has 7 heteroatoms. The Kier molecular flexibility index (Phi) is 4.42. The molecule has 6 nitrogen and oxygen atoms in total. The Morgan fingerprint density at radius 1 is 1.27 bits per heavy atom. The van der Waals surface area contributed by atoms with Gasteiger partial charge in [-0.3, -0.25) is 0 Å². The van der Waals surface area contributed by atoms with Crippen LogP contribution >= 0.6 is 0 Å². The highest BCUT2D eigenvalue weighted by Gasteiger charge is 2.21. The van der Waals surface area contributed by atoms with Crippen molar-refractivity contribution in [3.63, 3.8) is 0 Å². The van der Waals surface area contributed by atoms with Crippen molar-refractivity contribution in [3.05, 3.63) is 53.6 Å². The van der Waals surface area contributed by atoms with Gasteiger partial charge in [-0.2, -0.15) is 4.98 Å². The van der Waals surface area contributed by atoms with Gasteiger partial charge in [0.25, 0.3) is 6.01 Å². The summed E-state index contributed by atoms with van der Waals surface area (Å²) in [5, 5.41) is 0. The zero-order valence-electron chi connectivity index (χ0n) is 14.4. The fourth-order valence-electron chi connectivity index (χ4n) is 3.18. The van der Waals surface area contributed by atoms with Crippen LogP contribution in [0.15, 0.2) is 47.4 Å². The topological polar surface area (TPSA) is 81.3 Å². The van der Waals surface area contributed by atoms with Crippen LogP contribution in [0.4, 0.5) is 0 Å². The standard InChI is InChI=1S/C19H20N2O4S/c1-2-26(22,23)15-7-8-17-18(9-15)21-19(20-17)25-12-14-11-24-10-13-5-3-4-6-16(13)14/h3-9,14H,2,10-12H2,1H3,(H,20,21). The number of imidazole rings is 1. The molecule has 3 aromatic rings. The van der Waals surface area contributed by atoms with E-state index >= 15 is 0 Å². The van der Waals surface area contributed by atoms with E-state index in [1.54, 1.807) is 25.1 Å². The molecule has 1 aliphatic heterocycles. The second kappa shape index (κ2) is 6.74. The van der Waals surface area contributed by atoms with E-state index in [9.17, 15) is 8.42 Å². The molecule has 2 heterocycles. The van der Waals surface area contributed by atoms with Gasteiger partial charge in [-0.1, -0.05) is 31.2 Å². The molecule has 1 atom stereocenters. The van der Waals surface area contributed by atoms with Crippen LogP contribution in [0.1, 0.15) is 24.0 Å². The van der Waals surface area contributed by atoms with E-state index in [4.69, 9.17) is 9.47 Å². The minimum Gasteiger partial charge on any atom is -0.464 e. The third kappa shape index (κ3) is 3.20. The molecule has 0 amide bonds. The zero-order valence-corrected chi connectivity index (χ0v) is 15.3. The van der Waals surface area contributed by atoms with Crippen molar-refractivity contribution in [2.75, 3.05) is 19.0 Å². The van der Waals surface area contributed by atoms with Crippen LogP contribution in [0.2, 0.25) is 0 Å². The molecule has 4 rings (SSSR count). The van der Waals surface area contributed by atoms with Gasteiger partial charge >= 0.3 is 0 Å². The fourth-order valence-corrected chi connectivity index (χ4v) is 4.08. The Morgan fingerprint density at radius 3 is 2.96 bits per heavy atom. The van der Waals surface area contributed by atoms with E-state index in [0.29, 0.717) is 36.9 Å². The number of sulfone groups is 1. The van der Waals surface area contributed by atoms with Crippen molar-refractivity contribution in [3.8, 4) is 6.01 Å². The lowest BCUT2D eigenvalue weighted by Crippen LogP contribution is -2.22. The van der Waals surface area contributed by atoms with Gasteiger partial charge in [0, 0.05) is 5.92 Å².